The van der Waals surface area contributed by atoms with Crippen LogP contribution in [0.1, 0.15) is 13.8 Å². The summed E-state index contributed by atoms with van der Waals surface area (Å²) < 4.78 is 2.26. The number of H-pyrrole nitrogens is 1. The van der Waals surface area contributed by atoms with E-state index in [0.717, 1.165) is 29.3 Å². The molecule has 0 spiro atoms. The molecule has 0 saturated carbocycles. The number of benzene rings is 1. The van der Waals surface area contributed by atoms with Crippen molar-refractivity contribution in [1.29, 1.82) is 0 Å². The van der Waals surface area contributed by atoms with Gasteiger partial charge in [-0.3, -0.25) is 0 Å². The Morgan fingerprint density at radius 1 is 1.27 bits per heavy atom. The molecule has 1 heterocycles. The van der Waals surface area contributed by atoms with Crippen LogP contribution < -0.4 is 0 Å². The van der Waals surface area contributed by atoms with Crippen molar-refractivity contribution >= 4 is 23.0 Å². The van der Waals surface area contributed by atoms with Gasteiger partial charge in [-0.25, -0.2) is 9.29 Å². The zero-order valence-electron chi connectivity index (χ0n) is 9.03. The van der Waals surface area contributed by atoms with Gasteiger partial charge in [-0.05, 0) is 24.1 Å². The molecule has 80 valence electrons. The maximum atomic E-state index is 4.51. The number of hydrogen-bond donors (Lipinski definition) is 1. The molecule has 1 N–H and O–H groups in total. The van der Waals surface area contributed by atoms with E-state index >= 15 is 0 Å². The van der Waals surface area contributed by atoms with Crippen molar-refractivity contribution in [2.45, 2.75) is 19.0 Å². The van der Waals surface area contributed by atoms with E-state index in [1.165, 1.54) is 0 Å². The minimum absolute atomic E-state index is 0.972. The van der Waals surface area contributed by atoms with Crippen LogP contribution >= 0.6 is 11.9 Å². The van der Waals surface area contributed by atoms with Crippen LogP contribution in [0.3, 0.4) is 0 Å². The summed E-state index contributed by atoms with van der Waals surface area (Å²) in [5.41, 5.74) is 2.14. The number of imidazole rings is 1. The lowest BCUT2D eigenvalue weighted by molar-refractivity contribution is 0.522. The average molecular weight is 221 g/mol. The second-order valence-corrected chi connectivity index (χ2v) is 4.35. The van der Waals surface area contributed by atoms with E-state index < -0.39 is 0 Å². The first-order chi connectivity index (χ1) is 7.33. The van der Waals surface area contributed by atoms with Gasteiger partial charge >= 0.3 is 0 Å². The Bertz CT molecular complexity index is 401. The van der Waals surface area contributed by atoms with Crippen LogP contribution in [0, 0.1) is 0 Å². The summed E-state index contributed by atoms with van der Waals surface area (Å²) in [7, 11) is 0. The van der Waals surface area contributed by atoms with Crippen LogP contribution in [0.25, 0.3) is 11.0 Å². The Morgan fingerprint density at radius 3 is 2.67 bits per heavy atom. The lowest BCUT2D eigenvalue weighted by atomic mass is 10.3. The monoisotopic (exact) mass is 221 g/mol. The summed E-state index contributed by atoms with van der Waals surface area (Å²) in [4.78, 5) is 7.82. The first kappa shape index (κ1) is 10.5. The van der Waals surface area contributed by atoms with Gasteiger partial charge in [-0.1, -0.05) is 26.0 Å². The van der Waals surface area contributed by atoms with Gasteiger partial charge in [0.2, 0.25) is 0 Å². The highest BCUT2D eigenvalue weighted by atomic mass is 32.2. The summed E-state index contributed by atoms with van der Waals surface area (Å²) >= 11 is 1.68. The van der Waals surface area contributed by atoms with Gasteiger partial charge in [0.15, 0.2) is 5.16 Å². The summed E-state index contributed by atoms with van der Waals surface area (Å²) in [6.45, 7) is 6.36. The highest BCUT2D eigenvalue weighted by Crippen LogP contribution is 2.21. The second kappa shape index (κ2) is 4.68. The van der Waals surface area contributed by atoms with Crippen molar-refractivity contribution in [2.75, 3.05) is 13.1 Å². The Hall–Kier alpha value is -1.00. The van der Waals surface area contributed by atoms with Gasteiger partial charge < -0.3 is 4.98 Å². The summed E-state index contributed by atoms with van der Waals surface area (Å²) in [5, 5.41) is 0.972. The fourth-order valence-corrected chi connectivity index (χ4v) is 2.25. The minimum Gasteiger partial charge on any atom is -0.332 e. The third-order valence-electron chi connectivity index (χ3n) is 2.29. The predicted octanol–water partition coefficient (Wildman–Crippen LogP) is 2.91. The van der Waals surface area contributed by atoms with Gasteiger partial charge in [0.1, 0.15) is 0 Å². The first-order valence-corrected chi connectivity index (χ1v) is 5.98. The quantitative estimate of drug-likeness (QED) is 0.806. The number of para-hydroxylation sites is 2. The van der Waals surface area contributed by atoms with Crippen molar-refractivity contribution in [3.05, 3.63) is 24.3 Å². The van der Waals surface area contributed by atoms with Crippen LogP contribution in [-0.4, -0.2) is 27.4 Å². The molecule has 2 rings (SSSR count). The molecule has 2 aromatic rings. The third-order valence-corrected chi connectivity index (χ3v) is 3.43. The van der Waals surface area contributed by atoms with Crippen LogP contribution in [0.2, 0.25) is 0 Å². The summed E-state index contributed by atoms with van der Waals surface area (Å²) in [6.07, 6.45) is 0. The SMILES string of the molecule is CCN(CC)Sc1nc2ccccc2[nH]1. The number of nitrogens with zero attached hydrogens (tertiary/aromatic N) is 2. The zero-order valence-corrected chi connectivity index (χ0v) is 9.84. The molecule has 0 aliphatic heterocycles. The van der Waals surface area contributed by atoms with Crippen LogP contribution in [0.4, 0.5) is 0 Å². The Kier molecular flexibility index (Phi) is 3.28. The van der Waals surface area contributed by atoms with E-state index in [1.807, 2.05) is 18.2 Å². The molecule has 0 atom stereocenters. The maximum Gasteiger partial charge on any atom is 0.181 e. The standard InChI is InChI=1S/C11H15N3S/c1-3-14(4-2)15-11-12-9-7-5-6-8-10(9)13-11/h5-8H,3-4H2,1-2H3,(H,12,13). The fraction of sp³-hybridized carbons (Fsp3) is 0.364. The number of fused-ring (bicyclic) bond motifs is 1. The fourth-order valence-electron chi connectivity index (χ4n) is 1.45. The number of aromatic amines is 1. The van der Waals surface area contributed by atoms with E-state index in [1.54, 1.807) is 11.9 Å². The van der Waals surface area contributed by atoms with Crippen molar-refractivity contribution in [1.82, 2.24) is 14.3 Å². The molecule has 0 saturated heterocycles. The van der Waals surface area contributed by atoms with Gasteiger partial charge in [-0.15, -0.1) is 0 Å². The molecule has 1 aromatic heterocycles. The number of nitrogens with one attached hydrogen (secondary N) is 1. The van der Waals surface area contributed by atoms with Crippen LogP contribution in [-0.2, 0) is 0 Å². The van der Waals surface area contributed by atoms with Gasteiger partial charge in [-0.2, -0.15) is 0 Å². The highest BCUT2D eigenvalue weighted by Gasteiger charge is 2.06. The molecule has 0 radical (unpaired) electrons. The zero-order chi connectivity index (χ0) is 10.7. The topological polar surface area (TPSA) is 31.9 Å². The molecule has 15 heavy (non-hydrogen) atoms. The first-order valence-electron chi connectivity index (χ1n) is 5.21. The van der Waals surface area contributed by atoms with E-state index in [-0.39, 0.29) is 0 Å². The Labute approximate surface area is 94.0 Å². The molecule has 0 aliphatic rings. The summed E-state index contributed by atoms with van der Waals surface area (Å²) in [5.74, 6) is 0. The predicted molar refractivity (Wildman–Crippen MR) is 64.9 cm³/mol. The molecule has 0 fully saturated rings. The average Bonchev–Trinajstić information content (AvgIpc) is 2.68. The maximum absolute atomic E-state index is 4.51. The molecule has 0 amide bonds. The van der Waals surface area contributed by atoms with Crippen LogP contribution in [0.15, 0.2) is 29.4 Å². The minimum atomic E-state index is 0.972. The number of rotatable bonds is 4. The Morgan fingerprint density at radius 2 is 2.00 bits per heavy atom. The van der Waals surface area contributed by atoms with Crippen molar-refractivity contribution in [3.63, 3.8) is 0 Å². The molecule has 3 nitrogen and oxygen atoms in total. The molecule has 0 bridgehead atoms. The highest BCUT2D eigenvalue weighted by molar-refractivity contribution is 7.96. The van der Waals surface area contributed by atoms with E-state index in [0.29, 0.717) is 0 Å². The van der Waals surface area contributed by atoms with Crippen molar-refractivity contribution in [3.8, 4) is 0 Å². The molecule has 4 heteroatoms. The van der Waals surface area contributed by atoms with E-state index in [2.05, 4.69) is 34.2 Å². The molecule has 1 aromatic carbocycles. The molecule has 0 unspecified atom stereocenters. The molecular weight excluding hydrogens is 206 g/mol. The lowest BCUT2D eigenvalue weighted by Crippen LogP contribution is -2.13. The van der Waals surface area contributed by atoms with E-state index in [9.17, 15) is 0 Å². The van der Waals surface area contributed by atoms with Gasteiger partial charge in [0, 0.05) is 13.1 Å². The second-order valence-electron chi connectivity index (χ2n) is 3.26. The van der Waals surface area contributed by atoms with Gasteiger partial charge in [0.05, 0.1) is 11.0 Å². The van der Waals surface area contributed by atoms with Gasteiger partial charge in [0.25, 0.3) is 0 Å². The van der Waals surface area contributed by atoms with Crippen molar-refractivity contribution in [2.24, 2.45) is 0 Å². The number of aromatic nitrogens is 2. The van der Waals surface area contributed by atoms with E-state index in [4.69, 9.17) is 0 Å². The van der Waals surface area contributed by atoms with Crippen LogP contribution in [0.5, 0.6) is 0 Å². The Balaban J connectivity index is 2.21. The largest absolute Gasteiger partial charge is 0.332 e. The number of hydrogen-bond acceptors (Lipinski definition) is 3. The smallest absolute Gasteiger partial charge is 0.181 e. The third kappa shape index (κ3) is 2.33. The molecular formula is C11H15N3S. The molecule has 0 aliphatic carbocycles. The van der Waals surface area contributed by atoms with Crippen molar-refractivity contribution < 1.29 is 0 Å². The summed E-state index contributed by atoms with van der Waals surface area (Å²) in [6, 6.07) is 8.11. The normalized spacial score (nSPS) is 11.4. The lowest BCUT2D eigenvalue weighted by Gasteiger charge is -2.13.